The molecule has 1 aromatic heterocycles. The second-order valence-electron chi connectivity index (χ2n) is 5.40. The second-order valence-corrected chi connectivity index (χ2v) is 5.40. The average molecular weight is 279 g/mol. The van der Waals surface area contributed by atoms with E-state index in [4.69, 9.17) is 5.11 Å². The van der Waals surface area contributed by atoms with Gasteiger partial charge >= 0.3 is 5.97 Å². The predicted octanol–water partition coefficient (Wildman–Crippen LogP) is 1.93. The fourth-order valence-electron chi connectivity index (χ4n) is 2.60. The van der Waals surface area contributed by atoms with Gasteiger partial charge in [-0.2, -0.15) is 5.10 Å². The van der Waals surface area contributed by atoms with Gasteiger partial charge in [0.25, 0.3) is 5.91 Å². The summed E-state index contributed by atoms with van der Waals surface area (Å²) in [5.74, 6) is -1.10. The minimum atomic E-state index is -0.965. The van der Waals surface area contributed by atoms with Gasteiger partial charge in [-0.05, 0) is 25.8 Å². The van der Waals surface area contributed by atoms with E-state index >= 15 is 0 Å². The highest BCUT2D eigenvalue weighted by molar-refractivity contribution is 5.92. The minimum absolute atomic E-state index is 0.131. The molecule has 1 saturated carbocycles. The first-order valence-corrected chi connectivity index (χ1v) is 7.06. The molecule has 0 aromatic carbocycles. The third kappa shape index (κ3) is 3.00. The molecule has 1 aliphatic carbocycles. The molecular weight excluding hydrogens is 258 g/mol. The van der Waals surface area contributed by atoms with Gasteiger partial charge in [0.1, 0.15) is 11.7 Å². The maximum atomic E-state index is 12.4. The molecule has 1 amide bonds. The van der Waals surface area contributed by atoms with E-state index < -0.39 is 12.0 Å². The lowest BCUT2D eigenvalue weighted by Gasteiger charge is -2.30. The zero-order chi connectivity index (χ0) is 14.7. The molecule has 0 bridgehead atoms. The van der Waals surface area contributed by atoms with Crippen molar-refractivity contribution in [1.29, 1.82) is 0 Å². The van der Waals surface area contributed by atoms with E-state index in [2.05, 4.69) is 5.10 Å². The fraction of sp³-hybridized carbons (Fsp3) is 0.643. The van der Waals surface area contributed by atoms with Crippen LogP contribution >= 0.6 is 0 Å². The highest BCUT2D eigenvalue weighted by atomic mass is 16.4. The van der Waals surface area contributed by atoms with E-state index in [1.54, 1.807) is 24.2 Å². The van der Waals surface area contributed by atoms with Gasteiger partial charge in [0.2, 0.25) is 0 Å². The fourth-order valence-corrected chi connectivity index (χ4v) is 2.60. The van der Waals surface area contributed by atoms with Crippen molar-refractivity contribution in [3.05, 3.63) is 18.0 Å². The zero-order valence-corrected chi connectivity index (χ0v) is 12.0. The van der Waals surface area contributed by atoms with Crippen LogP contribution < -0.4 is 0 Å². The highest BCUT2D eigenvalue weighted by Crippen LogP contribution is 2.22. The number of carbonyl (C=O) groups excluding carboxylic acids is 1. The Labute approximate surface area is 118 Å². The average Bonchev–Trinajstić information content (AvgIpc) is 2.95. The summed E-state index contributed by atoms with van der Waals surface area (Å²) in [5, 5.41) is 13.0. The summed E-state index contributed by atoms with van der Waals surface area (Å²) < 4.78 is 1.31. The summed E-state index contributed by atoms with van der Waals surface area (Å²) in [6, 6.07) is 1.09. The number of carboxylic acid groups (broad SMARTS) is 1. The molecule has 1 atom stereocenters. The van der Waals surface area contributed by atoms with Gasteiger partial charge in [-0.1, -0.05) is 19.3 Å². The van der Waals surface area contributed by atoms with Gasteiger partial charge < -0.3 is 10.0 Å². The topological polar surface area (TPSA) is 75.4 Å². The summed E-state index contributed by atoms with van der Waals surface area (Å²) in [6.45, 7) is 1.54. The Hall–Kier alpha value is -1.85. The van der Waals surface area contributed by atoms with Crippen molar-refractivity contribution in [2.24, 2.45) is 0 Å². The third-order valence-corrected chi connectivity index (χ3v) is 4.02. The van der Waals surface area contributed by atoms with E-state index in [9.17, 15) is 9.59 Å². The number of rotatable bonds is 4. The number of aliphatic carboxylic acids is 1. The third-order valence-electron chi connectivity index (χ3n) is 4.02. The first kappa shape index (κ1) is 14.6. The largest absolute Gasteiger partial charge is 0.480 e. The number of hydrogen-bond donors (Lipinski definition) is 1. The first-order chi connectivity index (χ1) is 9.50. The molecule has 0 spiro atoms. The van der Waals surface area contributed by atoms with E-state index in [0.717, 1.165) is 25.7 Å². The molecule has 1 heterocycles. The minimum Gasteiger partial charge on any atom is -0.480 e. The van der Waals surface area contributed by atoms with E-state index in [0.29, 0.717) is 5.69 Å². The lowest BCUT2D eigenvalue weighted by molar-refractivity contribution is -0.140. The van der Waals surface area contributed by atoms with Crippen molar-refractivity contribution in [3.63, 3.8) is 0 Å². The van der Waals surface area contributed by atoms with E-state index in [-0.39, 0.29) is 11.9 Å². The van der Waals surface area contributed by atoms with Gasteiger partial charge in [0.05, 0.1) is 0 Å². The van der Waals surface area contributed by atoms with Crippen molar-refractivity contribution < 1.29 is 14.7 Å². The molecule has 6 heteroatoms. The monoisotopic (exact) mass is 279 g/mol. The maximum absolute atomic E-state index is 12.4. The highest BCUT2D eigenvalue weighted by Gasteiger charge is 2.25. The number of carbonyl (C=O) groups is 2. The molecule has 110 valence electrons. The van der Waals surface area contributed by atoms with Crippen LogP contribution in [0, 0.1) is 0 Å². The van der Waals surface area contributed by atoms with Gasteiger partial charge in [-0.3, -0.25) is 9.48 Å². The SMILES string of the molecule is CC(C(=O)O)n1ccc(C(=O)N(C)C2CCCCC2)n1. The Morgan fingerprint density at radius 1 is 1.40 bits per heavy atom. The number of amides is 1. The van der Waals surface area contributed by atoms with Crippen LogP contribution in [0.15, 0.2) is 12.3 Å². The van der Waals surface area contributed by atoms with Crippen LogP contribution in [0.5, 0.6) is 0 Å². The van der Waals surface area contributed by atoms with Crippen LogP contribution in [0.25, 0.3) is 0 Å². The molecule has 0 aliphatic heterocycles. The first-order valence-electron chi connectivity index (χ1n) is 7.06. The van der Waals surface area contributed by atoms with E-state index in [1.165, 1.54) is 18.0 Å². The normalized spacial score (nSPS) is 17.7. The summed E-state index contributed by atoms with van der Waals surface area (Å²) in [6.07, 6.45) is 7.17. The summed E-state index contributed by atoms with van der Waals surface area (Å²) in [7, 11) is 1.80. The molecule has 0 saturated heterocycles. The summed E-state index contributed by atoms with van der Waals surface area (Å²) in [4.78, 5) is 25.0. The molecule has 1 aliphatic rings. The quantitative estimate of drug-likeness (QED) is 0.913. The number of carboxylic acids is 1. The number of hydrogen-bond acceptors (Lipinski definition) is 3. The number of aromatic nitrogens is 2. The van der Waals surface area contributed by atoms with Crippen LogP contribution in [-0.4, -0.2) is 44.8 Å². The molecule has 2 rings (SSSR count). The maximum Gasteiger partial charge on any atom is 0.328 e. The molecular formula is C14H21N3O3. The number of nitrogens with zero attached hydrogens (tertiary/aromatic N) is 3. The van der Waals surface area contributed by atoms with Crippen LogP contribution in [0.1, 0.15) is 55.6 Å². The van der Waals surface area contributed by atoms with Crippen molar-refractivity contribution in [2.75, 3.05) is 7.05 Å². The summed E-state index contributed by atoms with van der Waals surface area (Å²) >= 11 is 0. The van der Waals surface area contributed by atoms with Gasteiger partial charge in [-0.25, -0.2) is 4.79 Å². The lowest BCUT2D eigenvalue weighted by atomic mass is 9.94. The van der Waals surface area contributed by atoms with Crippen LogP contribution in [0.2, 0.25) is 0 Å². The van der Waals surface area contributed by atoms with Crippen LogP contribution in [0.4, 0.5) is 0 Å². The molecule has 1 fully saturated rings. The molecule has 1 aromatic rings. The Kier molecular flexibility index (Phi) is 4.42. The van der Waals surface area contributed by atoms with Crippen molar-refractivity contribution in [3.8, 4) is 0 Å². The van der Waals surface area contributed by atoms with Crippen LogP contribution in [0.3, 0.4) is 0 Å². The smallest absolute Gasteiger partial charge is 0.328 e. The van der Waals surface area contributed by atoms with Gasteiger partial charge in [0, 0.05) is 19.3 Å². The van der Waals surface area contributed by atoms with Crippen molar-refractivity contribution >= 4 is 11.9 Å². The molecule has 1 N–H and O–H groups in total. The van der Waals surface area contributed by atoms with E-state index in [1.807, 2.05) is 0 Å². The predicted molar refractivity (Wildman–Crippen MR) is 73.5 cm³/mol. The zero-order valence-electron chi connectivity index (χ0n) is 12.0. The molecule has 20 heavy (non-hydrogen) atoms. The van der Waals surface area contributed by atoms with Crippen molar-refractivity contribution in [2.45, 2.75) is 51.1 Å². The van der Waals surface area contributed by atoms with Crippen LogP contribution in [-0.2, 0) is 4.79 Å². The second kappa shape index (κ2) is 6.07. The Balaban J connectivity index is 2.07. The Bertz CT molecular complexity index is 492. The Morgan fingerprint density at radius 2 is 2.05 bits per heavy atom. The molecule has 0 radical (unpaired) electrons. The standard InChI is InChI=1S/C14H21N3O3/c1-10(14(19)20)17-9-8-12(15-17)13(18)16(2)11-6-4-3-5-7-11/h8-11H,3-7H2,1-2H3,(H,19,20). The molecule has 6 nitrogen and oxygen atoms in total. The lowest BCUT2D eigenvalue weighted by Crippen LogP contribution is -2.38. The summed E-state index contributed by atoms with van der Waals surface area (Å²) in [5.41, 5.74) is 0.311. The van der Waals surface area contributed by atoms with Gasteiger partial charge in [0.15, 0.2) is 0 Å². The Morgan fingerprint density at radius 3 is 2.65 bits per heavy atom. The molecule has 1 unspecified atom stereocenters. The van der Waals surface area contributed by atoms with Gasteiger partial charge in [-0.15, -0.1) is 0 Å². The van der Waals surface area contributed by atoms with Crippen molar-refractivity contribution in [1.82, 2.24) is 14.7 Å².